The van der Waals surface area contributed by atoms with E-state index in [1.165, 1.54) is 0 Å². The summed E-state index contributed by atoms with van der Waals surface area (Å²) >= 11 is 0. The van der Waals surface area contributed by atoms with Crippen molar-refractivity contribution in [1.29, 1.82) is 0 Å². The zero-order chi connectivity index (χ0) is 10.5. The Morgan fingerprint density at radius 2 is 2.20 bits per heavy atom. The lowest BCUT2D eigenvalue weighted by Crippen LogP contribution is -2.48. The highest BCUT2D eigenvalue weighted by Gasteiger charge is 2.25. The molecule has 0 aromatic heterocycles. The third-order valence-electron chi connectivity index (χ3n) is 2.78. The molecule has 15 heavy (non-hydrogen) atoms. The Kier molecular flexibility index (Phi) is 4.08. The minimum Gasteiger partial charge on any atom is -0.368 e. The molecule has 2 N–H and O–H groups in total. The monoisotopic (exact) mass is 212 g/mol. The molecule has 0 aromatic carbocycles. The van der Waals surface area contributed by atoms with E-state index in [2.05, 4.69) is 16.0 Å². The maximum Gasteiger partial charge on any atom is 0.164 e. The number of carbonyl (C=O) groups excluding carboxylic acids is 1. The van der Waals surface area contributed by atoms with Gasteiger partial charge in [-0.15, -0.1) is 0 Å². The second kappa shape index (κ2) is 5.55. The second-order valence-electron chi connectivity index (χ2n) is 4.00. The molecule has 0 amide bonds. The molecular formula is C10H18N3O2. The highest BCUT2D eigenvalue weighted by molar-refractivity contribution is 5.84. The van der Waals surface area contributed by atoms with Crippen LogP contribution in [0.5, 0.6) is 0 Å². The molecule has 5 heteroatoms. The van der Waals surface area contributed by atoms with Crippen LogP contribution in [0.3, 0.4) is 0 Å². The van der Waals surface area contributed by atoms with Crippen molar-refractivity contribution in [3.05, 3.63) is 0 Å². The van der Waals surface area contributed by atoms with Gasteiger partial charge >= 0.3 is 0 Å². The number of Topliss-reactive ketones (excluding diaryl/α,β-unsaturated/α-hetero) is 1. The van der Waals surface area contributed by atoms with Crippen molar-refractivity contribution in [2.45, 2.75) is 18.6 Å². The lowest BCUT2D eigenvalue weighted by molar-refractivity contribution is -0.132. The van der Waals surface area contributed by atoms with E-state index in [0.29, 0.717) is 19.6 Å². The van der Waals surface area contributed by atoms with Crippen molar-refractivity contribution in [3.63, 3.8) is 0 Å². The quantitative estimate of drug-likeness (QED) is 0.598. The lowest BCUT2D eigenvalue weighted by Gasteiger charge is -2.26. The first kappa shape index (κ1) is 11.0. The molecule has 2 aliphatic rings. The molecule has 0 saturated carbocycles. The van der Waals surface area contributed by atoms with Crippen molar-refractivity contribution in [2.24, 2.45) is 0 Å². The standard InChI is InChI=1S/C10H18N3O2/c14-9(10-7-12-3-4-15-10)5-8-6-11-1-2-13-8/h8,10-12H,1-7H2. The highest BCUT2D eigenvalue weighted by atomic mass is 16.5. The minimum atomic E-state index is -0.254. The van der Waals surface area contributed by atoms with Crippen LogP contribution in [0.25, 0.3) is 0 Å². The number of hydrogen-bond acceptors (Lipinski definition) is 4. The van der Waals surface area contributed by atoms with Gasteiger partial charge in [-0.1, -0.05) is 0 Å². The summed E-state index contributed by atoms with van der Waals surface area (Å²) in [6.07, 6.45) is 0.259. The molecule has 2 fully saturated rings. The van der Waals surface area contributed by atoms with E-state index < -0.39 is 0 Å². The number of ketones is 1. The van der Waals surface area contributed by atoms with Gasteiger partial charge in [-0.2, -0.15) is 0 Å². The topological polar surface area (TPSA) is 64.5 Å². The van der Waals surface area contributed by atoms with E-state index in [0.717, 1.165) is 26.2 Å². The molecule has 2 aliphatic heterocycles. The predicted molar refractivity (Wildman–Crippen MR) is 55.9 cm³/mol. The zero-order valence-electron chi connectivity index (χ0n) is 8.87. The first-order valence-electron chi connectivity index (χ1n) is 5.58. The number of morpholine rings is 1. The largest absolute Gasteiger partial charge is 0.368 e. The summed E-state index contributed by atoms with van der Waals surface area (Å²) in [6, 6.07) is 0.150. The van der Waals surface area contributed by atoms with Crippen LogP contribution in [0.2, 0.25) is 0 Å². The van der Waals surface area contributed by atoms with Crippen LogP contribution < -0.4 is 16.0 Å². The van der Waals surface area contributed by atoms with Crippen molar-refractivity contribution in [2.75, 3.05) is 39.3 Å². The van der Waals surface area contributed by atoms with Crippen molar-refractivity contribution >= 4 is 5.78 Å². The Balaban J connectivity index is 1.74. The first-order chi connectivity index (χ1) is 7.36. The van der Waals surface area contributed by atoms with Gasteiger partial charge in [0.15, 0.2) is 5.78 Å². The fourth-order valence-electron chi connectivity index (χ4n) is 1.93. The van der Waals surface area contributed by atoms with Crippen molar-refractivity contribution < 1.29 is 9.53 Å². The first-order valence-corrected chi connectivity index (χ1v) is 5.58. The molecule has 2 heterocycles. The molecule has 0 bridgehead atoms. The maximum atomic E-state index is 11.8. The number of ether oxygens (including phenoxy) is 1. The van der Waals surface area contributed by atoms with Gasteiger partial charge in [0.2, 0.25) is 0 Å². The summed E-state index contributed by atoms with van der Waals surface area (Å²) in [6.45, 7) is 4.72. The van der Waals surface area contributed by atoms with Crippen LogP contribution in [0.15, 0.2) is 0 Å². The summed E-state index contributed by atoms with van der Waals surface area (Å²) in [5.74, 6) is 0.180. The number of rotatable bonds is 3. The Morgan fingerprint density at radius 1 is 1.33 bits per heavy atom. The lowest BCUT2D eigenvalue weighted by atomic mass is 10.0. The Bertz CT molecular complexity index is 211. The number of nitrogens with zero attached hydrogens (tertiary/aromatic N) is 1. The highest BCUT2D eigenvalue weighted by Crippen LogP contribution is 2.05. The van der Waals surface area contributed by atoms with Gasteiger partial charge < -0.3 is 15.4 Å². The Morgan fingerprint density at radius 3 is 2.87 bits per heavy atom. The number of piperazine rings is 1. The fourth-order valence-corrected chi connectivity index (χ4v) is 1.93. The summed E-state index contributed by atoms with van der Waals surface area (Å²) in [5, 5.41) is 10.8. The Labute approximate surface area is 89.9 Å². The minimum absolute atomic E-state index is 0.150. The van der Waals surface area contributed by atoms with Crippen LogP contribution in [-0.4, -0.2) is 57.3 Å². The van der Waals surface area contributed by atoms with Crippen molar-refractivity contribution in [1.82, 2.24) is 16.0 Å². The zero-order valence-corrected chi connectivity index (χ0v) is 8.87. The van der Waals surface area contributed by atoms with E-state index in [4.69, 9.17) is 4.74 Å². The summed E-state index contributed by atoms with van der Waals surface area (Å²) in [7, 11) is 0. The van der Waals surface area contributed by atoms with Crippen LogP contribution in [-0.2, 0) is 9.53 Å². The van der Waals surface area contributed by atoms with E-state index in [1.807, 2.05) is 0 Å². The summed E-state index contributed by atoms with van der Waals surface area (Å²) in [5.41, 5.74) is 0. The molecule has 2 atom stereocenters. The van der Waals surface area contributed by atoms with Gasteiger partial charge in [-0.25, -0.2) is 5.32 Å². The maximum absolute atomic E-state index is 11.8. The number of carbonyl (C=O) groups is 1. The third-order valence-corrected chi connectivity index (χ3v) is 2.78. The molecule has 2 rings (SSSR count). The average molecular weight is 212 g/mol. The molecule has 1 radical (unpaired) electrons. The van der Waals surface area contributed by atoms with Gasteiger partial charge in [-0.05, 0) is 0 Å². The summed E-state index contributed by atoms with van der Waals surface area (Å²) < 4.78 is 5.41. The molecule has 5 nitrogen and oxygen atoms in total. The Hall–Kier alpha value is -0.490. The molecule has 85 valence electrons. The molecule has 0 spiro atoms. The number of nitrogens with one attached hydrogen (secondary N) is 2. The van der Waals surface area contributed by atoms with Crippen LogP contribution in [0.4, 0.5) is 0 Å². The van der Waals surface area contributed by atoms with E-state index in [9.17, 15) is 4.79 Å². The third kappa shape index (κ3) is 3.24. The SMILES string of the molecule is O=C(CC1CNCC[N]1)C1CNCCO1. The summed E-state index contributed by atoms with van der Waals surface area (Å²) in [4.78, 5) is 11.8. The van der Waals surface area contributed by atoms with Gasteiger partial charge in [0.1, 0.15) is 6.10 Å². The van der Waals surface area contributed by atoms with Gasteiger partial charge in [0.05, 0.1) is 6.61 Å². The predicted octanol–water partition coefficient (Wildman–Crippen LogP) is -1.49. The van der Waals surface area contributed by atoms with E-state index in [-0.39, 0.29) is 17.9 Å². The van der Waals surface area contributed by atoms with Gasteiger partial charge in [0, 0.05) is 45.2 Å². The van der Waals surface area contributed by atoms with Crippen LogP contribution in [0.1, 0.15) is 6.42 Å². The smallest absolute Gasteiger partial charge is 0.164 e. The van der Waals surface area contributed by atoms with Crippen molar-refractivity contribution in [3.8, 4) is 0 Å². The average Bonchev–Trinajstić information content (AvgIpc) is 2.31. The second-order valence-corrected chi connectivity index (χ2v) is 4.00. The molecule has 0 aliphatic carbocycles. The molecule has 2 unspecified atom stereocenters. The van der Waals surface area contributed by atoms with Gasteiger partial charge in [0.25, 0.3) is 0 Å². The molecule has 0 aromatic rings. The van der Waals surface area contributed by atoms with E-state index in [1.54, 1.807) is 0 Å². The fraction of sp³-hybridized carbons (Fsp3) is 0.900. The number of hydrogen-bond donors (Lipinski definition) is 2. The van der Waals surface area contributed by atoms with E-state index >= 15 is 0 Å². The molecular weight excluding hydrogens is 194 g/mol. The van der Waals surface area contributed by atoms with Gasteiger partial charge in [-0.3, -0.25) is 4.79 Å². The van der Waals surface area contributed by atoms with Crippen LogP contribution in [0, 0.1) is 0 Å². The molecule has 2 saturated heterocycles. The normalized spacial score (nSPS) is 32.5. The van der Waals surface area contributed by atoms with Crippen LogP contribution >= 0.6 is 0 Å².